The Hall–Kier alpha value is -0.470. The van der Waals surface area contributed by atoms with Crippen LogP contribution in [-0.4, -0.2) is 5.37 Å². The van der Waals surface area contributed by atoms with Gasteiger partial charge in [0.2, 0.25) is 0 Å². The molecule has 0 bridgehead atoms. The summed E-state index contributed by atoms with van der Waals surface area (Å²) in [6.07, 6.45) is 0.837. The predicted octanol–water partition coefficient (Wildman–Crippen LogP) is 1.44. The fourth-order valence-corrected chi connectivity index (χ4v) is 1.07. The molecule has 0 aliphatic heterocycles. The Morgan fingerprint density at radius 1 is 1.30 bits per heavy atom. The molecule has 0 radical (unpaired) electrons. The van der Waals surface area contributed by atoms with E-state index in [0.29, 0.717) is 0 Å². The van der Waals surface area contributed by atoms with Crippen LogP contribution in [0.15, 0.2) is 30.3 Å². The zero-order valence-electron chi connectivity index (χ0n) is 5.70. The molecule has 0 fully saturated rings. The van der Waals surface area contributed by atoms with Gasteiger partial charge >= 0.3 is 0 Å². The fourth-order valence-electron chi connectivity index (χ4n) is 0.856. The Morgan fingerprint density at radius 2 is 1.90 bits per heavy atom. The van der Waals surface area contributed by atoms with E-state index in [1.165, 1.54) is 5.56 Å². The lowest BCUT2D eigenvalue weighted by Crippen LogP contribution is -2.14. The van der Waals surface area contributed by atoms with Crippen molar-refractivity contribution in [2.75, 3.05) is 0 Å². The molecule has 0 saturated carbocycles. The summed E-state index contributed by atoms with van der Waals surface area (Å²) in [5.74, 6) is 0. The van der Waals surface area contributed by atoms with Gasteiger partial charge in [0.15, 0.2) is 0 Å². The minimum atomic E-state index is -0.0394. The normalized spacial score (nSPS) is 13.0. The van der Waals surface area contributed by atoms with Crippen LogP contribution in [0, 0.1) is 0 Å². The van der Waals surface area contributed by atoms with Crippen molar-refractivity contribution < 1.29 is 0 Å². The van der Waals surface area contributed by atoms with E-state index >= 15 is 0 Å². The zero-order chi connectivity index (χ0) is 7.40. The van der Waals surface area contributed by atoms with Gasteiger partial charge in [-0.3, -0.25) is 0 Å². The summed E-state index contributed by atoms with van der Waals surface area (Å²) >= 11 is 4.09. The smallest absolute Gasteiger partial charge is 0.0518 e. The molecule has 54 valence electrons. The lowest BCUT2D eigenvalue weighted by molar-refractivity contribution is 0.909. The van der Waals surface area contributed by atoms with Gasteiger partial charge in [0.25, 0.3) is 0 Å². The van der Waals surface area contributed by atoms with Crippen LogP contribution in [0.25, 0.3) is 0 Å². The first-order valence-corrected chi connectivity index (χ1v) is 3.78. The van der Waals surface area contributed by atoms with Crippen molar-refractivity contribution in [2.24, 2.45) is 5.73 Å². The third kappa shape index (κ3) is 2.42. The van der Waals surface area contributed by atoms with Crippen molar-refractivity contribution in [2.45, 2.75) is 11.8 Å². The highest BCUT2D eigenvalue weighted by Crippen LogP contribution is 2.02. The Balaban J connectivity index is 2.59. The van der Waals surface area contributed by atoms with E-state index in [1.807, 2.05) is 18.2 Å². The molecular formula is C8H11NS. The van der Waals surface area contributed by atoms with Crippen LogP contribution in [0.1, 0.15) is 5.56 Å². The van der Waals surface area contributed by atoms with E-state index in [-0.39, 0.29) is 5.37 Å². The fraction of sp³-hybridized carbons (Fsp3) is 0.250. The van der Waals surface area contributed by atoms with E-state index in [0.717, 1.165) is 6.42 Å². The summed E-state index contributed by atoms with van der Waals surface area (Å²) in [5, 5.41) is -0.0394. The molecule has 1 aromatic rings. The van der Waals surface area contributed by atoms with Crippen LogP contribution < -0.4 is 5.73 Å². The highest BCUT2D eigenvalue weighted by Gasteiger charge is 1.94. The molecule has 2 N–H and O–H groups in total. The molecule has 0 spiro atoms. The number of rotatable bonds is 2. The standard InChI is InChI=1S/C8H11NS/c9-8(10)6-7-4-2-1-3-5-7/h1-5,8,10H,6,9H2. The van der Waals surface area contributed by atoms with Crippen molar-refractivity contribution in [1.29, 1.82) is 0 Å². The third-order valence-corrected chi connectivity index (χ3v) is 1.47. The summed E-state index contributed by atoms with van der Waals surface area (Å²) in [4.78, 5) is 0. The maximum absolute atomic E-state index is 5.49. The van der Waals surface area contributed by atoms with Crippen LogP contribution >= 0.6 is 12.6 Å². The monoisotopic (exact) mass is 153 g/mol. The molecule has 0 aliphatic rings. The molecule has 0 heterocycles. The number of hydrogen-bond donors (Lipinski definition) is 2. The zero-order valence-corrected chi connectivity index (χ0v) is 6.59. The maximum atomic E-state index is 5.49. The average Bonchev–Trinajstić information content (AvgIpc) is 1.88. The van der Waals surface area contributed by atoms with Gasteiger partial charge in [-0.15, -0.1) is 0 Å². The second kappa shape index (κ2) is 3.64. The van der Waals surface area contributed by atoms with Gasteiger partial charge in [-0.25, -0.2) is 0 Å². The number of benzene rings is 1. The first kappa shape index (κ1) is 7.63. The van der Waals surface area contributed by atoms with E-state index in [1.54, 1.807) is 0 Å². The minimum Gasteiger partial charge on any atom is -0.319 e. The summed E-state index contributed by atoms with van der Waals surface area (Å²) in [6.45, 7) is 0. The van der Waals surface area contributed by atoms with E-state index in [4.69, 9.17) is 5.73 Å². The van der Waals surface area contributed by atoms with Gasteiger partial charge in [-0.05, 0) is 12.0 Å². The van der Waals surface area contributed by atoms with E-state index in [2.05, 4.69) is 24.8 Å². The molecular weight excluding hydrogens is 142 g/mol. The van der Waals surface area contributed by atoms with Crippen LogP contribution in [0.5, 0.6) is 0 Å². The lowest BCUT2D eigenvalue weighted by atomic mass is 10.2. The first-order valence-electron chi connectivity index (χ1n) is 3.26. The largest absolute Gasteiger partial charge is 0.319 e. The van der Waals surface area contributed by atoms with Crippen LogP contribution in [0.2, 0.25) is 0 Å². The second-order valence-electron chi connectivity index (χ2n) is 2.26. The summed E-state index contributed by atoms with van der Waals surface area (Å²) < 4.78 is 0. The molecule has 1 atom stereocenters. The predicted molar refractivity (Wildman–Crippen MR) is 47.1 cm³/mol. The van der Waals surface area contributed by atoms with Gasteiger partial charge in [0.05, 0.1) is 5.37 Å². The van der Waals surface area contributed by atoms with Crippen LogP contribution in [-0.2, 0) is 6.42 Å². The van der Waals surface area contributed by atoms with Crippen molar-refractivity contribution in [3.05, 3.63) is 35.9 Å². The lowest BCUT2D eigenvalue weighted by Gasteiger charge is -2.02. The van der Waals surface area contributed by atoms with Crippen molar-refractivity contribution in [3.63, 3.8) is 0 Å². The van der Waals surface area contributed by atoms with Crippen molar-refractivity contribution in [1.82, 2.24) is 0 Å². The maximum Gasteiger partial charge on any atom is 0.0518 e. The molecule has 1 rings (SSSR count). The molecule has 1 unspecified atom stereocenters. The number of thiol groups is 1. The van der Waals surface area contributed by atoms with Crippen LogP contribution in [0.3, 0.4) is 0 Å². The Bertz CT molecular complexity index is 184. The highest BCUT2D eigenvalue weighted by atomic mass is 32.1. The van der Waals surface area contributed by atoms with Crippen molar-refractivity contribution in [3.8, 4) is 0 Å². The number of hydrogen-bond acceptors (Lipinski definition) is 2. The summed E-state index contributed by atoms with van der Waals surface area (Å²) in [5.41, 5.74) is 6.73. The molecule has 1 nitrogen and oxygen atoms in total. The Kier molecular flexibility index (Phi) is 2.78. The molecule has 10 heavy (non-hydrogen) atoms. The summed E-state index contributed by atoms with van der Waals surface area (Å²) in [7, 11) is 0. The van der Waals surface area contributed by atoms with Gasteiger partial charge in [0.1, 0.15) is 0 Å². The molecule has 0 aliphatic carbocycles. The molecule has 0 saturated heterocycles. The highest BCUT2D eigenvalue weighted by molar-refractivity contribution is 7.80. The van der Waals surface area contributed by atoms with Gasteiger partial charge in [-0.2, -0.15) is 12.6 Å². The van der Waals surface area contributed by atoms with E-state index < -0.39 is 0 Å². The average molecular weight is 153 g/mol. The quantitative estimate of drug-likeness (QED) is 0.488. The molecule has 1 aromatic carbocycles. The Labute approximate surface area is 66.7 Å². The minimum absolute atomic E-state index is 0.0394. The summed E-state index contributed by atoms with van der Waals surface area (Å²) in [6, 6.07) is 10.1. The molecule has 0 amide bonds. The van der Waals surface area contributed by atoms with Crippen molar-refractivity contribution >= 4 is 12.6 Å². The first-order chi connectivity index (χ1) is 4.79. The third-order valence-electron chi connectivity index (χ3n) is 1.29. The molecule has 0 aromatic heterocycles. The SMILES string of the molecule is NC(S)Cc1ccccc1. The van der Waals surface area contributed by atoms with Gasteiger partial charge in [0, 0.05) is 0 Å². The van der Waals surface area contributed by atoms with Gasteiger partial charge in [-0.1, -0.05) is 30.3 Å². The van der Waals surface area contributed by atoms with Gasteiger partial charge < -0.3 is 5.73 Å². The Morgan fingerprint density at radius 3 is 2.40 bits per heavy atom. The van der Waals surface area contributed by atoms with E-state index in [9.17, 15) is 0 Å². The molecule has 2 heteroatoms. The number of nitrogens with two attached hydrogens (primary N) is 1. The topological polar surface area (TPSA) is 26.0 Å². The second-order valence-corrected chi connectivity index (χ2v) is 2.92. The van der Waals surface area contributed by atoms with Crippen LogP contribution in [0.4, 0.5) is 0 Å².